The zero-order valence-electron chi connectivity index (χ0n) is 18.3. The number of ether oxygens (including phenoxy) is 3. The average molecular weight is 415 g/mol. The lowest BCUT2D eigenvalue weighted by atomic mass is 10.1. The van der Waals surface area contributed by atoms with Crippen LogP contribution < -0.4 is 30.2 Å². The summed E-state index contributed by atoms with van der Waals surface area (Å²) in [6.45, 7) is 5.74. The van der Waals surface area contributed by atoms with Crippen LogP contribution in [0, 0.1) is 20.8 Å². The van der Waals surface area contributed by atoms with E-state index in [1.54, 1.807) is 12.1 Å². The molecule has 0 fully saturated rings. The lowest BCUT2D eigenvalue weighted by Crippen LogP contribution is -2.36. The van der Waals surface area contributed by atoms with Gasteiger partial charge in [-0.1, -0.05) is 17.7 Å². The summed E-state index contributed by atoms with van der Waals surface area (Å²) in [5.74, 6) is 0.807. The van der Waals surface area contributed by atoms with E-state index in [0.29, 0.717) is 22.9 Å². The van der Waals surface area contributed by atoms with E-state index in [9.17, 15) is 9.59 Å². The van der Waals surface area contributed by atoms with Gasteiger partial charge in [0.1, 0.15) is 0 Å². The summed E-state index contributed by atoms with van der Waals surface area (Å²) in [5.41, 5.74) is 4.49. The van der Waals surface area contributed by atoms with Gasteiger partial charge in [0.25, 0.3) is 0 Å². The van der Waals surface area contributed by atoms with Crippen LogP contribution in [0.25, 0.3) is 0 Å². The van der Waals surface area contributed by atoms with Gasteiger partial charge in [0, 0.05) is 23.5 Å². The quantitative estimate of drug-likeness (QED) is 0.583. The van der Waals surface area contributed by atoms with E-state index in [0.717, 1.165) is 22.4 Å². The fraction of sp³-hybridized carbons (Fsp3) is 0.364. The van der Waals surface area contributed by atoms with Crippen molar-refractivity contribution in [2.75, 3.05) is 45.1 Å². The molecule has 2 rings (SSSR count). The Hall–Kier alpha value is -3.42. The van der Waals surface area contributed by atoms with E-state index in [1.165, 1.54) is 21.3 Å². The first-order chi connectivity index (χ1) is 14.3. The Morgan fingerprint density at radius 3 is 1.87 bits per heavy atom. The monoisotopic (exact) mass is 415 g/mol. The van der Waals surface area contributed by atoms with Crippen molar-refractivity contribution in [1.82, 2.24) is 5.32 Å². The molecule has 0 spiro atoms. The predicted molar refractivity (Wildman–Crippen MR) is 117 cm³/mol. The molecule has 3 N–H and O–H groups in total. The van der Waals surface area contributed by atoms with Crippen LogP contribution in [0.15, 0.2) is 24.3 Å². The molecule has 0 radical (unpaired) electrons. The highest BCUT2D eigenvalue weighted by atomic mass is 16.5. The van der Waals surface area contributed by atoms with Crippen LogP contribution in [0.3, 0.4) is 0 Å². The molecular formula is C22H29N3O5. The summed E-state index contributed by atoms with van der Waals surface area (Å²) in [5, 5.41) is 8.44. The molecule has 0 atom stereocenters. The van der Waals surface area contributed by atoms with Crippen LogP contribution in [0.2, 0.25) is 0 Å². The van der Waals surface area contributed by atoms with Crippen LogP contribution in [0.1, 0.15) is 16.7 Å². The number of rotatable bonds is 9. The van der Waals surface area contributed by atoms with Gasteiger partial charge in [-0.15, -0.1) is 0 Å². The van der Waals surface area contributed by atoms with Gasteiger partial charge in [-0.3, -0.25) is 9.59 Å². The van der Waals surface area contributed by atoms with Crippen LogP contribution in [0.5, 0.6) is 17.2 Å². The minimum Gasteiger partial charge on any atom is -0.493 e. The van der Waals surface area contributed by atoms with Gasteiger partial charge in [0.15, 0.2) is 11.5 Å². The Labute approximate surface area is 176 Å². The number of anilines is 2. The van der Waals surface area contributed by atoms with Crippen molar-refractivity contribution in [3.8, 4) is 17.2 Å². The van der Waals surface area contributed by atoms with Gasteiger partial charge in [-0.25, -0.2) is 0 Å². The third kappa shape index (κ3) is 5.79. The van der Waals surface area contributed by atoms with Crippen LogP contribution in [-0.2, 0) is 9.59 Å². The topological polar surface area (TPSA) is 97.9 Å². The molecule has 0 heterocycles. The maximum Gasteiger partial charge on any atom is 0.243 e. The van der Waals surface area contributed by atoms with Gasteiger partial charge in [0.2, 0.25) is 17.6 Å². The van der Waals surface area contributed by atoms with E-state index >= 15 is 0 Å². The number of benzene rings is 2. The van der Waals surface area contributed by atoms with E-state index in [4.69, 9.17) is 14.2 Å². The molecule has 2 aromatic carbocycles. The first-order valence-corrected chi connectivity index (χ1v) is 9.47. The molecule has 0 aliphatic carbocycles. The Bertz CT molecular complexity index is 879. The summed E-state index contributed by atoms with van der Waals surface area (Å²) in [7, 11) is 4.55. The molecule has 162 valence electrons. The molecule has 0 aliphatic heterocycles. The molecule has 8 heteroatoms. The summed E-state index contributed by atoms with van der Waals surface area (Å²) in [6, 6.07) is 7.40. The molecule has 2 amide bonds. The summed E-state index contributed by atoms with van der Waals surface area (Å²) in [4.78, 5) is 24.4. The molecule has 0 saturated carbocycles. The first-order valence-electron chi connectivity index (χ1n) is 9.47. The number of hydrogen-bond donors (Lipinski definition) is 3. The van der Waals surface area contributed by atoms with Crippen molar-refractivity contribution in [1.29, 1.82) is 0 Å². The molecule has 0 saturated heterocycles. The largest absolute Gasteiger partial charge is 0.493 e. The van der Waals surface area contributed by atoms with Crippen molar-refractivity contribution >= 4 is 23.2 Å². The van der Waals surface area contributed by atoms with Crippen molar-refractivity contribution in [2.24, 2.45) is 0 Å². The zero-order chi connectivity index (χ0) is 22.3. The number of nitrogens with one attached hydrogen (secondary N) is 3. The number of hydrogen-bond acceptors (Lipinski definition) is 6. The highest BCUT2D eigenvalue weighted by molar-refractivity contribution is 5.96. The number of amides is 2. The molecule has 0 unspecified atom stereocenters. The summed E-state index contributed by atoms with van der Waals surface area (Å²) >= 11 is 0. The van der Waals surface area contributed by atoms with Gasteiger partial charge < -0.3 is 30.2 Å². The first kappa shape index (κ1) is 22.9. The third-order valence-electron chi connectivity index (χ3n) is 4.51. The molecule has 2 aromatic rings. The molecule has 0 aliphatic rings. The SMILES string of the molecule is COc1cc(NCC(=O)NCC(=O)Nc2c(C)cc(C)cc2C)cc(OC)c1OC. The minimum absolute atomic E-state index is 0.0193. The highest BCUT2D eigenvalue weighted by Gasteiger charge is 2.14. The maximum absolute atomic E-state index is 12.2. The highest BCUT2D eigenvalue weighted by Crippen LogP contribution is 2.39. The summed E-state index contributed by atoms with van der Waals surface area (Å²) in [6.07, 6.45) is 0. The lowest BCUT2D eigenvalue weighted by Gasteiger charge is -2.15. The number of carbonyl (C=O) groups is 2. The Balaban J connectivity index is 1.90. The Kier molecular flexibility index (Phi) is 7.91. The predicted octanol–water partition coefficient (Wildman–Crippen LogP) is 2.80. The smallest absolute Gasteiger partial charge is 0.243 e. The van der Waals surface area contributed by atoms with Gasteiger partial charge in [-0.05, 0) is 31.9 Å². The second kappa shape index (κ2) is 10.4. The van der Waals surface area contributed by atoms with E-state index in [1.807, 2.05) is 32.9 Å². The Morgan fingerprint density at radius 1 is 0.800 bits per heavy atom. The van der Waals surface area contributed by atoms with Gasteiger partial charge >= 0.3 is 0 Å². The average Bonchev–Trinajstić information content (AvgIpc) is 2.72. The molecular weight excluding hydrogens is 386 g/mol. The second-order valence-electron chi connectivity index (χ2n) is 6.87. The molecule has 0 aromatic heterocycles. The van der Waals surface area contributed by atoms with Crippen molar-refractivity contribution in [3.63, 3.8) is 0 Å². The van der Waals surface area contributed by atoms with E-state index in [-0.39, 0.29) is 24.9 Å². The van der Waals surface area contributed by atoms with E-state index in [2.05, 4.69) is 16.0 Å². The van der Waals surface area contributed by atoms with Gasteiger partial charge in [-0.2, -0.15) is 0 Å². The fourth-order valence-electron chi connectivity index (χ4n) is 3.17. The number of carbonyl (C=O) groups excluding carboxylic acids is 2. The van der Waals surface area contributed by atoms with E-state index < -0.39 is 0 Å². The van der Waals surface area contributed by atoms with Gasteiger partial charge in [0.05, 0.1) is 34.4 Å². The number of methoxy groups -OCH3 is 3. The Morgan fingerprint density at radius 2 is 1.37 bits per heavy atom. The molecule has 30 heavy (non-hydrogen) atoms. The number of aryl methyl sites for hydroxylation is 3. The van der Waals surface area contributed by atoms with Crippen LogP contribution in [0.4, 0.5) is 11.4 Å². The van der Waals surface area contributed by atoms with Crippen LogP contribution in [-0.4, -0.2) is 46.2 Å². The minimum atomic E-state index is -0.323. The maximum atomic E-state index is 12.2. The normalized spacial score (nSPS) is 10.2. The molecule has 8 nitrogen and oxygen atoms in total. The molecule has 0 bridgehead atoms. The fourth-order valence-corrected chi connectivity index (χ4v) is 3.17. The lowest BCUT2D eigenvalue weighted by molar-refractivity contribution is -0.122. The van der Waals surface area contributed by atoms with Crippen molar-refractivity contribution in [2.45, 2.75) is 20.8 Å². The van der Waals surface area contributed by atoms with Crippen molar-refractivity contribution < 1.29 is 23.8 Å². The zero-order valence-corrected chi connectivity index (χ0v) is 18.3. The van der Waals surface area contributed by atoms with Crippen molar-refractivity contribution in [3.05, 3.63) is 41.0 Å². The third-order valence-corrected chi connectivity index (χ3v) is 4.51. The summed E-state index contributed by atoms with van der Waals surface area (Å²) < 4.78 is 15.9. The second-order valence-corrected chi connectivity index (χ2v) is 6.87. The standard InChI is InChI=1S/C22H29N3O5/c1-13-7-14(2)21(15(3)8-13)25-20(27)12-24-19(26)11-23-16-9-17(28-4)22(30-6)18(10-16)29-5/h7-10,23H,11-12H2,1-6H3,(H,24,26)(H,25,27). The van der Waals surface area contributed by atoms with Crippen LogP contribution >= 0.6 is 0 Å².